The molecule has 0 aliphatic heterocycles. The first-order chi connectivity index (χ1) is 9.11. The number of aromatic nitrogens is 1. The molecule has 0 unspecified atom stereocenters. The fraction of sp³-hybridized carbons (Fsp3) is 0.143. The lowest BCUT2D eigenvalue weighted by Gasteiger charge is -2.06. The van der Waals surface area contributed by atoms with Gasteiger partial charge in [0.05, 0.1) is 5.69 Å². The van der Waals surface area contributed by atoms with Crippen LogP contribution in [-0.4, -0.2) is 10.8 Å². The quantitative estimate of drug-likeness (QED) is 0.875. The van der Waals surface area contributed by atoms with Crippen molar-refractivity contribution < 1.29 is 9.18 Å². The Morgan fingerprint density at radius 2 is 2.16 bits per heavy atom. The van der Waals surface area contributed by atoms with E-state index in [1.807, 2.05) is 0 Å². The van der Waals surface area contributed by atoms with E-state index in [4.69, 9.17) is 17.3 Å². The lowest BCUT2D eigenvalue weighted by atomic mass is 10.0. The molecule has 0 saturated carbocycles. The molecule has 0 amide bonds. The van der Waals surface area contributed by atoms with Crippen LogP contribution >= 0.6 is 11.6 Å². The highest BCUT2D eigenvalue weighted by Gasteiger charge is 2.13. The second kappa shape index (κ2) is 5.91. The van der Waals surface area contributed by atoms with Gasteiger partial charge >= 0.3 is 0 Å². The van der Waals surface area contributed by atoms with Gasteiger partial charge in [0.15, 0.2) is 5.78 Å². The third-order valence-corrected chi connectivity index (χ3v) is 3.10. The van der Waals surface area contributed by atoms with Crippen molar-refractivity contribution in [3.8, 4) is 0 Å². The number of carbonyl (C=O) groups excluding carboxylic acids is 1. The topological polar surface area (TPSA) is 56.0 Å². The van der Waals surface area contributed by atoms with E-state index in [-0.39, 0.29) is 29.3 Å². The van der Waals surface area contributed by atoms with E-state index in [9.17, 15) is 9.18 Å². The molecule has 0 bridgehead atoms. The van der Waals surface area contributed by atoms with Gasteiger partial charge in [-0.05, 0) is 24.3 Å². The van der Waals surface area contributed by atoms with Crippen molar-refractivity contribution in [3.63, 3.8) is 0 Å². The summed E-state index contributed by atoms with van der Waals surface area (Å²) in [6.07, 6.45) is 1.43. The van der Waals surface area contributed by atoms with Crippen molar-refractivity contribution in [2.45, 2.75) is 13.0 Å². The van der Waals surface area contributed by atoms with E-state index >= 15 is 0 Å². The summed E-state index contributed by atoms with van der Waals surface area (Å²) in [6.45, 7) is 0.252. The number of rotatable bonds is 4. The minimum Gasteiger partial charge on any atom is -0.325 e. The Kier molecular flexibility index (Phi) is 4.24. The van der Waals surface area contributed by atoms with Crippen LogP contribution in [0.25, 0.3) is 0 Å². The van der Waals surface area contributed by atoms with Crippen molar-refractivity contribution in [2.24, 2.45) is 5.73 Å². The molecule has 2 N–H and O–H groups in total. The summed E-state index contributed by atoms with van der Waals surface area (Å²) in [5, 5.41) is 0.251. The molecule has 2 aromatic rings. The maximum atomic E-state index is 13.6. The summed E-state index contributed by atoms with van der Waals surface area (Å²) in [7, 11) is 0. The SMILES string of the molecule is NCc1cc(C(=O)Cc2c(F)cccc2Cl)ccn1. The first kappa shape index (κ1) is 13.6. The summed E-state index contributed by atoms with van der Waals surface area (Å²) in [5.74, 6) is -0.696. The summed E-state index contributed by atoms with van der Waals surface area (Å²) >= 11 is 5.90. The van der Waals surface area contributed by atoms with Crippen LogP contribution < -0.4 is 5.73 Å². The van der Waals surface area contributed by atoms with E-state index < -0.39 is 5.82 Å². The number of pyridine rings is 1. The Bertz CT molecular complexity index is 596. The fourth-order valence-electron chi connectivity index (χ4n) is 1.73. The van der Waals surface area contributed by atoms with Crippen molar-refractivity contribution in [1.82, 2.24) is 4.98 Å². The first-order valence-electron chi connectivity index (χ1n) is 5.73. The molecule has 2 rings (SSSR count). The zero-order chi connectivity index (χ0) is 13.8. The van der Waals surface area contributed by atoms with E-state index in [0.717, 1.165) is 0 Å². The molecule has 19 heavy (non-hydrogen) atoms. The lowest BCUT2D eigenvalue weighted by molar-refractivity contribution is 0.0991. The molecule has 1 aromatic heterocycles. The molecule has 0 aliphatic rings. The van der Waals surface area contributed by atoms with Gasteiger partial charge in [0.1, 0.15) is 5.82 Å². The summed E-state index contributed by atoms with van der Waals surface area (Å²) in [5.41, 5.74) is 6.74. The maximum Gasteiger partial charge on any atom is 0.167 e. The molecule has 0 fully saturated rings. The average Bonchev–Trinajstić information content (AvgIpc) is 2.43. The molecular weight excluding hydrogens is 267 g/mol. The fourth-order valence-corrected chi connectivity index (χ4v) is 1.96. The maximum absolute atomic E-state index is 13.6. The highest BCUT2D eigenvalue weighted by atomic mass is 35.5. The minimum atomic E-state index is -0.478. The third-order valence-electron chi connectivity index (χ3n) is 2.75. The van der Waals surface area contributed by atoms with Crippen LogP contribution in [-0.2, 0) is 13.0 Å². The molecule has 3 nitrogen and oxygen atoms in total. The van der Waals surface area contributed by atoms with Crippen LogP contribution in [0.2, 0.25) is 5.02 Å². The van der Waals surface area contributed by atoms with Crippen molar-refractivity contribution in [3.05, 3.63) is 64.2 Å². The Hall–Kier alpha value is -1.78. The Morgan fingerprint density at radius 1 is 1.37 bits per heavy atom. The minimum absolute atomic E-state index is 0.0838. The number of hydrogen-bond acceptors (Lipinski definition) is 3. The zero-order valence-electron chi connectivity index (χ0n) is 10.1. The Balaban J connectivity index is 2.25. The predicted octanol–water partition coefficient (Wildman–Crippen LogP) is 2.76. The summed E-state index contributed by atoms with van der Waals surface area (Å²) in [6, 6.07) is 7.54. The van der Waals surface area contributed by atoms with Gasteiger partial charge in [-0.2, -0.15) is 0 Å². The standard InChI is InChI=1S/C14H12ClFN2O/c15-12-2-1-3-13(16)11(12)7-14(19)9-4-5-18-10(6-9)8-17/h1-6H,7-8,17H2. The molecule has 0 radical (unpaired) electrons. The summed E-state index contributed by atoms with van der Waals surface area (Å²) < 4.78 is 13.6. The van der Waals surface area contributed by atoms with Gasteiger partial charge in [0.2, 0.25) is 0 Å². The van der Waals surface area contributed by atoms with E-state index in [2.05, 4.69) is 4.98 Å². The molecule has 5 heteroatoms. The van der Waals surface area contributed by atoms with Crippen LogP contribution in [0.1, 0.15) is 21.6 Å². The molecule has 1 aromatic carbocycles. The monoisotopic (exact) mass is 278 g/mol. The molecule has 0 aliphatic carbocycles. The molecule has 0 saturated heterocycles. The van der Waals surface area contributed by atoms with Gasteiger partial charge in [-0.15, -0.1) is 0 Å². The van der Waals surface area contributed by atoms with Crippen LogP contribution in [0, 0.1) is 5.82 Å². The molecule has 0 atom stereocenters. The number of nitrogens with two attached hydrogens (primary N) is 1. The molecule has 98 valence electrons. The van der Waals surface area contributed by atoms with Crippen molar-refractivity contribution in [2.75, 3.05) is 0 Å². The van der Waals surface area contributed by atoms with Gasteiger partial charge in [0.25, 0.3) is 0 Å². The lowest BCUT2D eigenvalue weighted by Crippen LogP contribution is -2.08. The van der Waals surface area contributed by atoms with E-state index in [1.54, 1.807) is 18.2 Å². The van der Waals surface area contributed by atoms with Crippen LogP contribution in [0.15, 0.2) is 36.5 Å². The van der Waals surface area contributed by atoms with Crippen molar-refractivity contribution in [1.29, 1.82) is 0 Å². The number of ketones is 1. The molecule has 1 heterocycles. The van der Waals surface area contributed by atoms with Gasteiger partial charge in [0, 0.05) is 35.3 Å². The molecular formula is C14H12ClFN2O. The Morgan fingerprint density at radius 3 is 2.84 bits per heavy atom. The van der Waals surface area contributed by atoms with Crippen LogP contribution in [0.5, 0.6) is 0 Å². The van der Waals surface area contributed by atoms with Gasteiger partial charge in [-0.1, -0.05) is 17.7 Å². The largest absolute Gasteiger partial charge is 0.325 e. The highest BCUT2D eigenvalue weighted by Crippen LogP contribution is 2.21. The number of benzene rings is 1. The van der Waals surface area contributed by atoms with Gasteiger partial charge < -0.3 is 5.73 Å². The number of hydrogen-bond donors (Lipinski definition) is 1. The van der Waals surface area contributed by atoms with Crippen molar-refractivity contribution >= 4 is 17.4 Å². The van der Waals surface area contributed by atoms with Crippen LogP contribution in [0.3, 0.4) is 0 Å². The van der Waals surface area contributed by atoms with E-state index in [1.165, 1.54) is 18.3 Å². The predicted molar refractivity (Wildman–Crippen MR) is 71.6 cm³/mol. The second-order valence-corrected chi connectivity index (χ2v) is 4.45. The number of halogens is 2. The third kappa shape index (κ3) is 3.16. The van der Waals surface area contributed by atoms with Gasteiger partial charge in [-0.25, -0.2) is 4.39 Å². The average molecular weight is 279 g/mol. The highest BCUT2D eigenvalue weighted by molar-refractivity contribution is 6.31. The molecule has 0 spiro atoms. The van der Waals surface area contributed by atoms with Gasteiger partial charge in [-0.3, -0.25) is 9.78 Å². The smallest absolute Gasteiger partial charge is 0.167 e. The number of carbonyl (C=O) groups is 1. The second-order valence-electron chi connectivity index (χ2n) is 4.04. The normalized spacial score (nSPS) is 10.5. The van der Waals surface area contributed by atoms with E-state index in [0.29, 0.717) is 11.3 Å². The van der Waals surface area contributed by atoms with Crippen LogP contribution in [0.4, 0.5) is 4.39 Å². The zero-order valence-corrected chi connectivity index (χ0v) is 10.8. The Labute approximate surface area is 115 Å². The summed E-state index contributed by atoms with van der Waals surface area (Å²) in [4.78, 5) is 16.1. The number of nitrogens with zero attached hydrogens (tertiary/aromatic N) is 1. The first-order valence-corrected chi connectivity index (χ1v) is 6.10. The number of Topliss-reactive ketones (excluding diaryl/α,β-unsaturated/α-hetero) is 1.